The molecule has 1 amide bonds. The van der Waals surface area contributed by atoms with Crippen molar-refractivity contribution in [2.75, 3.05) is 26.4 Å². The Morgan fingerprint density at radius 3 is 1.12 bits per heavy atom. The summed E-state index contributed by atoms with van der Waals surface area (Å²) in [5.74, 6) is -0.288. The fourth-order valence-electron chi connectivity index (χ4n) is 12.9. The Kier molecular flexibility index (Phi) is 53.0. The van der Waals surface area contributed by atoms with Crippen molar-refractivity contribution in [2.45, 2.75) is 394 Å². The highest BCUT2D eigenvalue weighted by atomic mass is 16.8. The van der Waals surface area contributed by atoms with Gasteiger partial charge in [0.15, 0.2) is 18.9 Å². The van der Waals surface area contributed by atoms with Gasteiger partial charge in [0.25, 0.3) is 0 Å². The van der Waals surface area contributed by atoms with Crippen LogP contribution in [-0.4, -0.2) is 193 Å². The number of amides is 1. The topological polar surface area (TPSA) is 307 Å². The number of rotatable bonds is 60. The molecule has 0 spiro atoms. The molecule has 0 aromatic rings. The van der Waals surface area contributed by atoms with Gasteiger partial charge in [-0.25, -0.2) is 0 Å². The van der Waals surface area contributed by atoms with Gasteiger partial charge >= 0.3 is 0 Å². The average molecular weight is 1370 g/mol. The SMILES string of the molecule is CC/C=C\C/C=C\C/C=C\C/C=C\CCCCCCCCC(=O)NC(COC1OC(CO)C(OC2OC(CO)C(OC3OC(CO)C(O)C(O)C3O)C(O)C2O)C(O)C1O)C(O)/C=C/CCCCCCCCCCCCCCCCCCCCCCCCCCCCCCCC. The van der Waals surface area contributed by atoms with Crippen LogP contribution in [0.25, 0.3) is 0 Å². The van der Waals surface area contributed by atoms with Gasteiger partial charge in [-0.05, 0) is 57.8 Å². The molecule has 3 heterocycles. The number of nitrogens with one attached hydrogen (secondary N) is 1. The summed E-state index contributed by atoms with van der Waals surface area (Å²) in [7, 11) is 0. The molecule has 3 aliphatic rings. The molecule has 560 valence electrons. The van der Waals surface area contributed by atoms with E-state index >= 15 is 0 Å². The summed E-state index contributed by atoms with van der Waals surface area (Å²) in [5, 5.41) is 121. The third kappa shape index (κ3) is 38.5. The van der Waals surface area contributed by atoms with E-state index in [-0.39, 0.29) is 18.9 Å². The summed E-state index contributed by atoms with van der Waals surface area (Å²) in [6, 6.07) is -0.985. The normalized spacial score (nSPS) is 27.4. The first kappa shape index (κ1) is 87.7. The van der Waals surface area contributed by atoms with Crippen LogP contribution in [0.5, 0.6) is 0 Å². The van der Waals surface area contributed by atoms with Crippen molar-refractivity contribution >= 4 is 5.91 Å². The van der Waals surface area contributed by atoms with E-state index in [1.165, 1.54) is 173 Å². The predicted octanol–water partition coefficient (Wildman–Crippen LogP) is 11.9. The molecule has 19 heteroatoms. The zero-order valence-electron chi connectivity index (χ0n) is 59.6. The molecule has 19 nitrogen and oxygen atoms in total. The Hall–Kier alpha value is -2.51. The van der Waals surface area contributed by atoms with Crippen LogP contribution in [0.3, 0.4) is 0 Å². The van der Waals surface area contributed by atoms with Gasteiger partial charge in [0.1, 0.15) is 73.2 Å². The van der Waals surface area contributed by atoms with E-state index in [4.69, 9.17) is 28.4 Å². The van der Waals surface area contributed by atoms with E-state index in [0.717, 1.165) is 89.9 Å². The number of hydrogen-bond donors (Lipinski definition) is 12. The van der Waals surface area contributed by atoms with Crippen LogP contribution >= 0.6 is 0 Å². The number of allylic oxidation sites excluding steroid dienone is 9. The van der Waals surface area contributed by atoms with E-state index in [1.54, 1.807) is 6.08 Å². The van der Waals surface area contributed by atoms with Crippen molar-refractivity contribution in [1.29, 1.82) is 0 Å². The van der Waals surface area contributed by atoms with Gasteiger partial charge in [0, 0.05) is 6.42 Å². The number of carbonyl (C=O) groups excluding carboxylic acids is 1. The van der Waals surface area contributed by atoms with Crippen molar-refractivity contribution in [2.24, 2.45) is 0 Å². The van der Waals surface area contributed by atoms with Crippen molar-refractivity contribution in [1.82, 2.24) is 5.32 Å². The Morgan fingerprint density at radius 2 is 0.719 bits per heavy atom. The average Bonchev–Trinajstić information content (AvgIpc) is 0.798. The summed E-state index contributed by atoms with van der Waals surface area (Å²) in [5.41, 5.74) is 0. The maximum Gasteiger partial charge on any atom is 0.220 e. The van der Waals surface area contributed by atoms with Crippen LogP contribution in [-0.2, 0) is 33.2 Å². The summed E-state index contributed by atoms with van der Waals surface area (Å²) >= 11 is 0. The minimum Gasteiger partial charge on any atom is -0.394 e. The molecule has 0 saturated carbocycles. The Balaban J connectivity index is 1.38. The number of ether oxygens (including phenoxy) is 6. The summed E-state index contributed by atoms with van der Waals surface area (Å²) < 4.78 is 34.4. The molecule has 3 aliphatic heterocycles. The third-order valence-corrected chi connectivity index (χ3v) is 19.1. The maximum atomic E-state index is 13.4. The molecule has 0 bridgehead atoms. The second kappa shape index (κ2) is 58.0. The van der Waals surface area contributed by atoms with E-state index in [9.17, 15) is 61.0 Å². The van der Waals surface area contributed by atoms with E-state index in [1.807, 2.05) is 6.08 Å². The Bertz CT molecular complexity index is 1970. The molecule has 0 aromatic carbocycles. The van der Waals surface area contributed by atoms with Gasteiger partial charge < -0.3 is 89.9 Å². The molecule has 96 heavy (non-hydrogen) atoms. The quantitative estimate of drug-likeness (QED) is 0.0199. The summed E-state index contributed by atoms with van der Waals surface area (Å²) in [6.07, 6.45) is 46.4. The van der Waals surface area contributed by atoms with Crippen LogP contribution in [0.2, 0.25) is 0 Å². The molecule has 3 fully saturated rings. The van der Waals surface area contributed by atoms with Crippen LogP contribution in [0.15, 0.2) is 60.8 Å². The van der Waals surface area contributed by atoms with Crippen molar-refractivity contribution in [3.8, 4) is 0 Å². The lowest BCUT2D eigenvalue weighted by molar-refractivity contribution is -0.379. The third-order valence-electron chi connectivity index (χ3n) is 19.1. The van der Waals surface area contributed by atoms with Crippen LogP contribution in [0.4, 0.5) is 0 Å². The number of aliphatic hydroxyl groups excluding tert-OH is 11. The molecule has 3 rings (SSSR count). The highest BCUT2D eigenvalue weighted by Gasteiger charge is 2.53. The Labute approximate surface area is 579 Å². The zero-order valence-corrected chi connectivity index (χ0v) is 59.6. The molecule has 17 atom stereocenters. The lowest BCUT2D eigenvalue weighted by Crippen LogP contribution is -2.66. The molecule has 17 unspecified atom stereocenters. The van der Waals surface area contributed by atoms with Gasteiger partial charge in [-0.3, -0.25) is 4.79 Å². The van der Waals surface area contributed by atoms with Gasteiger partial charge in [-0.15, -0.1) is 0 Å². The lowest BCUT2D eigenvalue weighted by Gasteiger charge is -2.48. The molecule has 0 aromatic heterocycles. The molecule has 12 N–H and O–H groups in total. The second-order valence-corrected chi connectivity index (χ2v) is 27.4. The maximum absolute atomic E-state index is 13.4. The standard InChI is InChI=1S/C77H139NO18/c1-3-5-7-9-11-13-15-17-19-21-23-24-25-26-27-28-29-30-31-32-33-34-35-37-38-40-42-44-46-48-50-52-54-61(82)60(78-65(83)55-53-51-49-47-45-43-41-39-36-22-20-18-16-14-12-10-8-6-4-2)59-91-75-71(89)68(86)73(63(57-80)93-75)96-77-72(90)69(87)74(64(58-81)94-77)95-76-70(88)67(85)66(84)62(56-79)92-76/h6,8,12,14,18,20,36,39,52,54,60-64,66-77,79-82,84-90H,3-5,7,9-11,13,15-17,19,21-35,37-38,40-51,53,55-59H2,1-2H3,(H,78,83)/b8-6-,14-12-,20-18-,39-36-,54-52+. The van der Waals surface area contributed by atoms with Crippen LogP contribution < -0.4 is 5.32 Å². The molecule has 0 aliphatic carbocycles. The van der Waals surface area contributed by atoms with Crippen LogP contribution in [0.1, 0.15) is 290 Å². The van der Waals surface area contributed by atoms with Crippen LogP contribution in [0, 0.1) is 0 Å². The molecular weight excluding hydrogens is 1230 g/mol. The van der Waals surface area contributed by atoms with E-state index in [2.05, 4.69) is 67.8 Å². The summed E-state index contributed by atoms with van der Waals surface area (Å²) in [6.45, 7) is 1.64. The summed E-state index contributed by atoms with van der Waals surface area (Å²) in [4.78, 5) is 13.4. The van der Waals surface area contributed by atoms with Crippen molar-refractivity contribution in [3.63, 3.8) is 0 Å². The number of aliphatic hydroxyl groups is 11. The Morgan fingerprint density at radius 1 is 0.385 bits per heavy atom. The number of hydrogen-bond acceptors (Lipinski definition) is 18. The molecular formula is C77H139NO18. The number of unbranched alkanes of at least 4 members (excludes halogenated alkanes) is 36. The van der Waals surface area contributed by atoms with Gasteiger partial charge in [-0.1, -0.05) is 286 Å². The monoisotopic (exact) mass is 1370 g/mol. The first-order valence-electron chi connectivity index (χ1n) is 38.5. The predicted molar refractivity (Wildman–Crippen MR) is 379 cm³/mol. The highest BCUT2D eigenvalue weighted by Crippen LogP contribution is 2.33. The lowest BCUT2D eigenvalue weighted by atomic mass is 9.96. The highest BCUT2D eigenvalue weighted by molar-refractivity contribution is 5.76. The molecule has 0 radical (unpaired) electrons. The number of carbonyl (C=O) groups is 1. The largest absolute Gasteiger partial charge is 0.394 e. The first-order valence-corrected chi connectivity index (χ1v) is 38.5. The molecule has 3 saturated heterocycles. The fraction of sp³-hybridized carbons (Fsp3) is 0.857. The minimum absolute atomic E-state index is 0.225. The van der Waals surface area contributed by atoms with E-state index < -0.39 is 124 Å². The van der Waals surface area contributed by atoms with Gasteiger partial charge in [0.2, 0.25) is 5.91 Å². The zero-order chi connectivity index (χ0) is 69.6. The smallest absolute Gasteiger partial charge is 0.220 e. The van der Waals surface area contributed by atoms with Gasteiger partial charge in [0.05, 0.1) is 38.6 Å². The first-order chi connectivity index (χ1) is 46.8. The fourth-order valence-corrected chi connectivity index (χ4v) is 12.9. The second-order valence-electron chi connectivity index (χ2n) is 27.4. The minimum atomic E-state index is -1.98. The van der Waals surface area contributed by atoms with Gasteiger partial charge in [-0.2, -0.15) is 0 Å². The van der Waals surface area contributed by atoms with Crippen molar-refractivity contribution in [3.05, 3.63) is 60.8 Å². The van der Waals surface area contributed by atoms with E-state index in [0.29, 0.717) is 6.42 Å². The van der Waals surface area contributed by atoms with Crippen molar-refractivity contribution < 1.29 is 89.4 Å².